The second-order valence-electron chi connectivity index (χ2n) is 5.54. The first-order chi connectivity index (χ1) is 10.2. The van der Waals surface area contributed by atoms with Crippen molar-refractivity contribution in [1.29, 1.82) is 0 Å². The van der Waals surface area contributed by atoms with Crippen LogP contribution < -0.4 is 0 Å². The van der Waals surface area contributed by atoms with Gasteiger partial charge in [-0.05, 0) is 45.4 Å². The minimum Gasteiger partial charge on any atom is -0.299 e. The van der Waals surface area contributed by atoms with Gasteiger partial charge in [-0.3, -0.25) is 14.6 Å². The first-order valence-corrected chi connectivity index (χ1v) is 7.72. The maximum absolute atomic E-state index is 12.2. The van der Waals surface area contributed by atoms with E-state index < -0.39 is 11.8 Å². The molecule has 1 aromatic carbocycles. The molecular formula is C17H17Cl2NO2. The fraction of sp³-hybridized carbons (Fsp3) is 0.353. The topological polar surface area (TPSA) is 46.5 Å². The summed E-state index contributed by atoms with van der Waals surface area (Å²) in [5.41, 5.74) is 2.60. The van der Waals surface area contributed by atoms with Crippen molar-refractivity contribution in [1.82, 2.24) is 0 Å². The first kappa shape index (κ1) is 16.9. The summed E-state index contributed by atoms with van der Waals surface area (Å²) in [7, 11) is 0. The predicted octanol–water partition coefficient (Wildman–Crippen LogP) is 4.62. The van der Waals surface area contributed by atoms with Crippen molar-refractivity contribution in [3.63, 3.8) is 0 Å². The molecule has 0 saturated carbocycles. The van der Waals surface area contributed by atoms with E-state index in [-0.39, 0.29) is 11.6 Å². The number of carbonyl (C=O) groups excluding carboxylic acids is 2. The molecule has 1 heterocycles. The van der Waals surface area contributed by atoms with Gasteiger partial charge in [-0.15, -0.1) is 0 Å². The van der Waals surface area contributed by atoms with E-state index in [1.54, 1.807) is 25.1 Å². The molecule has 0 radical (unpaired) electrons. The molecule has 1 aliphatic rings. The highest BCUT2D eigenvalue weighted by Gasteiger charge is 2.38. The van der Waals surface area contributed by atoms with Crippen molar-refractivity contribution in [3.8, 4) is 0 Å². The van der Waals surface area contributed by atoms with Gasteiger partial charge in [0.25, 0.3) is 0 Å². The highest BCUT2D eigenvalue weighted by molar-refractivity contribution is 6.35. The number of halogens is 2. The number of allylic oxidation sites excluding steroid dienone is 2. The van der Waals surface area contributed by atoms with Gasteiger partial charge in [0.05, 0.1) is 5.92 Å². The molecule has 3 nitrogen and oxygen atoms in total. The molecule has 2 rings (SSSR count). The number of hydrogen-bond donors (Lipinski definition) is 0. The smallest absolute Gasteiger partial charge is 0.158 e. The Hall–Kier alpha value is -1.45. The molecule has 0 aromatic heterocycles. The minimum atomic E-state index is -0.485. The fourth-order valence-electron chi connectivity index (χ4n) is 3.12. The van der Waals surface area contributed by atoms with Gasteiger partial charge in [-0.2, -0.15) is 0 Å². The second-order valence-corrected chi connectivity index (χ2v) is 6.38. The molecule has 0 bridgehead atoms. The predicted molar refractivity (Wildman–Crippen MR) is 89.9 cm³/mol. The van der Waals surface area contributed by atoms with Gasteiger partial charge in [-0.25, -0.2) is 0 Å². The Balaban J connectivity index is 2.72. The van der Waals surface area contributed by atoms with Gasteiger partial charge in [0.2, 0.25) is 0 Å². The van der Waals surface area contributed by atoms with Crippen LogP contribution in [0.2, 0.25) is 10.0 Å². The molecule has 2 atom stereocenters. The van der Waals surface area contributed by atoms with Crippen LogP contribution in [0, 0.1) is 5.92 Å². The monoisotopic (exact) mass is 337 g/mol. The normalized spacial score (nSPS) is 21.6. The van der Waals surface area contributed by atoms with E-state index in [0.29, 0.717) is 27.0 Å². The van der Waals surface area contributed by atoms with Crippen molar-refractivity contribution < 1.29 is 9.59 Å². The van der Waals surface area contributed by atoms with Gasteiger partial charge in [0, 0.05) is 32.9 Å². The summed E-state index contributed by atoms with van der Waals surface area (Å²) in [5.74, 6) is -1.04. The summed E-state index contributed by atoms with van der Waals surface area (Å²) < 4.78 is 0. The van der Waals surface area contributed by atoms with Gasteiger partial charge in [0.15, 0.2) is 5.78 Å². The summed E-state index contributed by atoms with van der Waals surface area (Å²) in [6.07, 6.45) is 0. The average molecular weight is 338 g/mol. The Morgan fingerprint density at radius 3 is 2.27 bits per heavy atom. The Bertz CT molecular complexity index is 719. The Labute approximate surface area is 140 Å². The number of rotatable bonds is 3. The van der Waals surface area contributed by atoms with Crippen LogP contribution in [-0.4, -0.2) is 17.3 Å². The van der Waals surface area contributed by atoms with Crippen LogP contribution in [0.5, 0.6) is 0 Å². The van der Waals surface area contributed by atoms with Gasteiger partial charge < -0.3 is 0 Å². The fourth-order valence-corrected chi connectivity index (χ4v) is 3.64. The molecule has 1 aliphatic heterocycles. The molecule has 22 heavy (non-hydrogen) atoms. The second kappa shape index (κ2) is 6.35. The Kier molecular flexibility index (Phi) is 4.88. The zero-order valence-electron chi connectivity index (χ0n) is 12.9. The molecule has 0 N–H and O–H groups in total. The zero-order chi connectivity index (χ0) is 16.6. The van der Waals surface area contributed by atoms with E-state index in [1.807, 2.05) is 6.92 Å². The summed E-state index contributed by atoms with van der Waals surface area (Å²) in [5, 5.41) is 0.962. The first-order valence-electron chi connectivity index (χ1n) is 6.96. The van der Waals surface area contributed by atoms with Crippen LogP contribution >= 0.6 is 23.2 Å². The summed E-state index contributed by atoms with van der Waals surface area (Å²) in [6.45, 7) is 6.60. The van der Waals surface area contributed by atoms with Crippen LogP contribution in [0.1, 0.15) is 39.2 Å². The van der Waals surface area contributed by atoms with E-state index >= 15 is 0 Å². The van der Waals surface area contributed by atoms with E-state index in [9.17, 15) is 9.59 Å². The summed E-state index contributed by atoms with van der Waals surface area (Å²) in [4.78, 5) is 28.7. The average Bonchev–Trinajstić information content (AvgIpc) is 2.36. The summed E-state index contributed by atoms with van der Waals surface area (Å²) in [6, 6.07) is 5.12. The highest BCUT2D eigenvalue weighted by Crippen LogP contribution is 2.42. The van der Waals surface area contributed by atoms with Crippen LogP contribution in [-0.2, 0) is 9.59 Å². The molecule has 0 aliphatic carbocycles. The van der Waals surface area contributed by atoms with E-state index in [1.165, 1.54) is 13.8 Å². The molecule has 5 heteroatoms. The molecular weight excluding hydrogens is 321 g/mol. The number of benzene rings is 1. The van der Waals surface area contributed by atoms with Gasteiger partial charge in [0.1, 0.15) is 5.78 Å². The number of nitrogens with zero attached hydrogens (tertiary/aromatic N) is 1. The lowest BCUT2D eigenvalue weighted by Gasteiger charge is -2.32. The molecule has 2 unspecified atom stereocenters. The third kappa shape index (κ3) is 3.01. The number of Topliss-reactive ketones (excluding diaryl/α,β-unsaturated/α-hetero) is 2. The van der Waals surface area contributed by atoms with Gasteiger partial charge >= 0.3 is 0 Å². The molecule has 0 fully saturated rings. The van der Waals surface area contributed by atoms with Crippen molar-refractivity contribution in [2.75, 3.05) is 0 Å². The largest absolute Gasteiger partial charge is 0.299 e. The number of hydrogen-bond acceptors (Lipinski definition) is 3. The van der Waals surface area contributed by atoms with E-state index in [4.69, 9.17) is 23.2 Å². The molecule has 0 saturated heterocycles. The number of aliphatic imine (C=N–C) groups is 1. The molecule has 116 valence electrons. The quantitative estimate of drug-likeness (QED) is 0.807. The van der Waals surface area contributed by atoms with Crippen LogP contribution in [0.3, 0.4) is 0 Å². The molecule has 1 aromatic rings. The zero-order valence-corrected chi connectivity index (χ0v) is 14.4. The van der Waals surface area contributed by atoms with Crippen molar-refractivity contribution in [2.24, 2.45) is 10.9 Å². The van der Waals surface area contributed by atoms with Crippen LogP contribution in [0.4, 0.5) is 0 Å². The van der Waals surface area contributed by atoms with Crippen LogP contribution in [0.15, 0.2) is 34.5 Å². The number of carbonyl (C=O) groups is 2. The Morgan fingerprint density at radius 2 is 1.77 bits per heavy atom. The third-order valence-electron chi connectivity index (χ3n) is 3.94. The number of ketones is 2. The third-order valence-corrected chi connectivity index (χ3v) is 4.51. The molecule has 0 amide bonds. The Morgan fingerprint density at radius 1 is 1.14 bits per heavy atom. The van der Waals surface area contributed by atoms with Crippen molar-refractivity contribution >= 4 is 40.5 Å². The lowest BCUT2D eigenvalue weighted by molar-refractivity contribution is -0.119. The van der Waals surface area contributed by atoms with Gasteiger partial charge in [-0.1, -0.05) is 29.3 Å². The van der Waals surface area contributed by atoms with Crippen LogP contribution in [0.25, 0.3) is 0 Å². The highest BCUT2D eigenvalue weighted by atomic mass is 35.5. The standard InChI is InChI=1S/C17H17Cl2NO2/c1-8-15(10(3)21)17(16(11(4)22)9(2)20-8)13-6-5-12(18)7-14(13)19/h5-7,15,17H,1-4H3. The minimum absolute atomic E-state index is 0.0384. The lowest BCUT2D eigenvalue weighted by atomic mass is 9.73. The summed E-state index contributed by atoms with van der Waals surface area (Å²) >= 11 is 12.3. The molecule has 0 spiro atoms. The van der Waals surface area contributed by atoms with Crippen molar-refractivity contribution in [3.05, 3.63) is 45.1 Å². The van der Waals surface area contributed by atoms with Crippen molar-refractivity contribution in [2.45, 2.75) is 33.6 Å². The van der Waals surface area contributed by atoms with E-state index in [2.05, 4.69) is 4.99 Å². The maximum atomic E-state index is 12.2. The SMILES string of the molecule is CC(=O)C1=C(C)N=C(C)C(C(C)=O)C1c1ccc(Cl)cc1Cl. The van der Waals surface area contributed by atoms with E-state index in [0.717, 1.165) is 5.56 Å². The lowest BCUT2D eigenvalue weighted by Crippen LogP contribution is -2.33. The maximum Gasteiger partial charge on any atom is 0.158 e.